The van der Waals surface area contributed by atoms with Gasteiger partial charge in [0.15, 0.2) is 0 Å². The molecule has 92 valence electrons. The molecule has 1 aliphatic carbocycles. The van der Waals surface area contributed by atoms with Crippen molar-refractivity contribution < 1.29 is 9.53 Å². The second kappa shape index (κ2) is 4.99. The van der Waals surface area contributed by atoms with Crippen LogP contribution in [0.1, 0.15) is 19.8 Å². The van der Waals surface area contributed by atoms with Crippen molar-refractivity contribution in [3.8, 4) is 0 Å². The van der Waals surface area contributed by atoms with Crippen molar-refractivity contribution in [2.75, 3.05) is 23.8 Å². The van der Waals surface area contributed by atoms with Crippen molar-refractivity contribution >= 4 is 17.6 Å². The van der Waals surface area contributed by atoms with Crippen LogP contribution in [0.2, 0.25) is 0 Å². The van der Waals surface area contributed by atoms with Crippen molar-refractivity contribution in [2.24, 2.45) is 0 Å². The summed E-state index contributed by atoms with van der Waals surface area (Å²) in [6, 6.07) is 0.373. The van der Waals surface area contributed by atoms with Crippen LogP contribution in [0, 0.1) is 0 Å². The van der Waals surface area contributed by atoms with Crippen LogP contribution in [0.25, 0.3) is 0 Å². The Hall–Kier alpha value is -1.85. The number of nitrogens with zero attached hydrogens (tertiary/aromatic N) is 3. The van der Waals surface area contributed by atoms with Crippen molar-refractivity contribution in [2.45, 2.75) is 25.8 Å². The van der Waals surface area contributed by atoms with Crippen molar-refractivity contribution in [3.63, 3.8) is 0 Å². The fraction of sp³-hybridized carbons (Fsp3) is 0.545. The summed E-state index contributed by atoms with van der Waals surface area (Å²) in [4.78, 5) is 21.6. The smallest absolute Gasteiger partial charge is 0.325 e. The quantitative estimate of drug-likeness (QED) is 0.753. The molecule has 1 heterocycles. The van der Waals surface area contributed by atoms with E-state index in [-0.39, 0.29) is 12.5 Å². The van der Waals surface area contributed by atoms with Crippen molar-refractivity contribution in [3.05, 3.63) is 12.4 Å². The minimum Gasteiger partial charge on any atom is -0.465 e. The molecule has 1 saturated carbocycles. The van der Waals surface area contributed by atoms with Gasteiger partial charge in [-0.2, -0.15) is 0 Å². The number of nitrogen functional groups attached to an aromatic ring is 1. The Bertz CT molecular complexity index is 389. The van der Waals surface area contributed by atoms with E-state index in [1.807, 2.05) is 4.90 Å². The number of ether oxygens (including phenoxy) is 1. The van der Waals surface area contributed by atoms with E-state index in [2.05, 4.69) is 9.97 Å². The monoisotopic (exact) mass is 236 g/mol. The minimum atomic E-state index is -0.238. The van der Waals surface area contributed by atoms with Gasteiger partial charge in [-0.15, -0.1) is 0 Å². The Morgan fingerprint density at radius 1 is 1.53 bits per heavy atom. The number of carbonyl (C=O) groups excluding carboxylic acids is 1. The van der Waals surface area contributed by atoms with Crippen LogP contribution in [0.15, 0.2) is 12.4 Å². The maximum absolute atomic E-state index is 11.5. The molecule has 1 aromatic rings. The van der Waals surface area contributed by atoms with Gasteiger partial charge < -0.3 is 15.4 Å². The van der Waals surface area contributed by atoms with E-state index in [9.17, 15) is 4.79 Å². The largest absolute Gasteiger partial charge is 0.465 e. The van der Waals surface area contributed by atoms with Gasteiger partial charge in [-0.05, 0) is 19.8 Å². The van der Waals surface area contributed by atoms with E-state index in [1.165, 1.54) is 6.20 Å². The van der Waals surface area contributed by atoms with E-state index < -0.39 is 0 Å². The molecule has 6 nitrogen and oxygen atoms in total. The molecule has 1 aromatic heterocycles. The molecule has 1 fully saturated rings. The molecule has 0 unspecified atom stereocenters. The topological polar surface area (TPSA) is 81.3 Å². The van der Waals surface area contributed by atoms with E-state index in [1.54, 1.807) is 13.1 Å². The molecule has 6 heteroatoms. The summed E-state index contributed by atoms with van der Waals surface area (Å²) in [5.41, 5.74) is 5.48. The van der Waals surface area contributed by atoms with Crippen LogP contribution in [0.4, 0.5) is 11.6 Å². The Morgan fingerprint density at radius 2 is 2.29 bits per heavy atom. The summed E-state index contributed by atoms with van der Waals surface area (Å²) in [5, 5.41) is 0. The first kappa shape index (κ1) is 11.6. The standard InChI is InChI=1S/C11H16N4O2/c1-2-17-11(16)7-15(8-3-4-8)10-6-13-9(12)5-14-10/h5-6,8H,2-4,7H2,1H3,(H2,12,13). The number of esters is 1. The average Bonchev–Trinajstić information content (AvgIpc) is 3.12. The summed E-state index contributed by atoms with van der Waals surface area (Å²) in [6.45, 7) is 2.41. The number of hydrogen-bond acceptors (Lipinski definition) is 6. The van der Waals surface area contributed by atoms with Gasteiger partial charge in [-0.3, -0.25) is 4.79 Å². The first-order valence-corrected chi connectivity index (χ1v) is 5.70. The van der Waals surface area contributed by atoms with E-state index in [0.29, 0.717) is 24.3 Å². The molecule has 0 atom stereocenters. The normalized spacial score (nSPS) is 14.4. The predicted octanol–water partition coefficient (Wildman–Crippen LogP) is 0.591. The molecule has 0 radical (unpaired) electrons. The summed E-state index contributed by atoms with van der Waals surface area (Å²) >= 11 is 0. The highest BCUT2D eigenvalue weighted by atomic mass is 16.5. The molecular formula is C11H16N4O2. The van der Waals surface area contributed by atoms with Crippen LogP contribution in [-0.4, -0.2) is 35.1 Å². The molecule has 0 aromatic carbocycles. The highest BCUT2D eigenvalue weighted by Crippen LogP contribution is 2.30. The molecule has 2 rings (SSSR count). The van der Waals surface area contributed by atoms with Gasteiger partial charge in [0.1, 0.15) is 18.2 Å². The summed E-state index contributed by atoms with van der Waals surface area (Å²) in [6.07, 6.45) is 5.24. The van der Waals surface area contributed by atoms with Gasteiger partial charge in [-0.1, -0.05) is 0 Å². The zero-order chi connectivity index (χ0) is 12.3. The molecule has 0 saturated heterocycles. The highest BCUT2D eigenvalue weighted by Gasteiger charge is 2.31. The first-order valence-electron chi connectivity index (χ1n) is 5.70. The zero-order valence-corrected chi connectivity index (χ0v) is 9.80. The van der Waals surface area contributed by atoms with E-state index >= 15 is 0 Å². The van der Waals surface area contributed by atoms with E-state index in [0.717, 1.165) is 12.8 Å². The lowest BCUT2D eigenvalue weighted by molar-refractivity contribution is -0.141. The lowest BCUT2D eigenvalue weighted by atomic mass is 10.4. The maximum atomic E-state index is 11.5. The van der Waals surface area contributed by atoms with Gasteiger partial charge in [0.2, 0.25) is 0 Å². The third-order valence-corrected chi connectivity index (χ3v) is 2.54. The van der Waals surface area contributed by atoms with Crippen LogP contribution in [0.3, 0.4) is 0 Å². The van der Waals surface area contributed by atoms with E-state index in [4.69, 9.17) is 10.5 Å². The number of hydrogen-bond donors (Lipinski definition) is 1. The number of nitrogens with two attached hydrogens (primary N) is 1. The van der Waals surface area contributed by atoms with Gasteiger partial charge in [-0.25, -0.2) is 9.97 Å². The maximum Gasteiger partial charge on any atom is 0.325 e. The Kier molecular flexibility index (Phi) is 3.41. The minimum absolute atomic E-state index is 0.219. The molecule has 1 aliphatic rings. The van der Waals surface area contributed by atoms with Gasteiger partial charge in [0.25, 0.3) is 0 Å². The summed E-state index contributed by atoms with van der Waals surface area (Å²) < 4.78 is 4.94. The molecular weight excluding hydrogens is 220 g/mol. The third-order valence-electron chi connectivity index (χ3n) is 2.54. The third kappa shape index (κ3) is 3.05. The first-order chi connectivity index (χ1) is 8.20. The Balaban J connectivity index is 2.06. The predicted molar refractivity (Wildman–Crippen MR) is 63.4 cm³/mol. The molecule has 0 amide bonds. The molecule has 17 heavy (non-hydrogen) atoms. The molecule has 2 N–H and O–H groups in total. The van der Waals surface area contributed by atoms with Gasteiger partial charge >= 0.3 is 5.97 Å². The van der Waals surface area contributed by atoms with Crippen LogP contribution in [0.5, 0.6) is 0 Å². The lowest BCUT2D eigenvalue weighted by Crippen LogP contribution is -2.33. The van der Waals surface area contributed by atoms with Crippen molar-refractivity contribution in [1.82, 2.24) is 9.97 Å². The van der Waals surface area contributed by atoms with Gasteiger partial charge in [0.05, 0.1) is 19.0 Å². The fourth-order valence-electron chi connectivity index (χ4n) is 1.61. The lowest BCUT2D eigenvalue weighted by Gasteiger charge is -2.21. The SMILES string of the molecule is CCOC(=O)CN(c1cnc(N)cn1)C1CC1. The van der Waals surface area contributed by atoms with Gasteiger partial charge in [0, 0.05) is 6.04 Å². The average molecular weight is 236 g/mol. The van der Waals surface area contributed by atoms with Crippen LogP contribution >= 0.6 is 0 Å². The molecule has 0 aliphatic heterocycles. The van der Waals surface area contributed by atoms with Crippen molar-refractivity contribution in [1.29, 1.82) is 0 Å². The number of rotatable bonds is 5. The second-order valence-electron chi connectivity index (χ2n) is 3.96. The zero-order valence-electron chi connectivity index (χ0n) is 9.80. The number of carbonyl (C=O) groups is 1. The number of aromatic nitrogens is 2. The highest BCUT2D eigenvalue weighted by molar-refractivity contribution is 5.75. The Labute approximate surface area is 99.8 Å². The fourth-order valence-corrected chi connectivity index (χ4v) is 1.61. The molecule has 0 spiro atoms. The number of anilines is 2. The second-order valence-corrected chi connectivity index (χ2v) is 3.96. The van der Waals surface area contributed by atoms with Crippen LogP contribution in [-0.2, 0) is 9.53 Å². The molecule has 0 bridgehead atoms. The summed E-state index contributed by atoms with van der Waals surface area (Å²) in [5.74, 6) is 0.813. The van der Waals surface area contributed by atoms with Crippen LogP contribution < -0.4 is 10.6 Å². The summed E-state index contributed by atoms with van der Waals surface area (Å²) in [7, 11) is 0. The Morgan fingerprint density at radius 3 is 2.82 bits per heavy atom.